The molecular formula is C27H31N5. The molecule has 0 radical (unpaired) electrons. The molecule has 1 fully saturated rings. The second-order valence-corrected chi connectivity index (χ2v) is 8.18. The van der Waals surface area contributed by atoms with Gasteiger partial charge in [0.2, 0.25) is 0 Å². The van der Waals surface area contributed by atoms with Gasteiger partial charge in [0.15, 0.2) is 0 Å². The maximum Gasteiger partial charge on any atom is 0.118 e. The minimum absolute atomic E-state index is 0.467. The second kappa shape index (κ2) is 10.2. The zero-order chi connectivity index (χ0) is 22.3. The van der Waals surface area contributed by atoms with Crippen molar-refractivity contribution in [2.24, 2.45) is 0 Å². The molecule has 32 heavy (non-hydrogen) atoms. The number of nitrogens with one attached hydrogen (secondary N) is 3. The van der Waals surface area contributed by atoms with Crippen LogP contribution in [0.1, 0.15) is 31.0 Å². The van der Waals surface area contributed by atoms with Crippen LogP contribution in [0.5, 0.6) is 0 Å². The molecule has 1 aliphatic carbocycles. The van der Waals surface area contributed by atoms with Gasteiger partial charge in [0.25, 0.3) is 0 Å². The Bertz CT molecular complexity index is 1120. The molecule has 3 N–H and O–H groups in total. The Balaban J connectivity index is 1.57. The van der Waals surface area contributed by atoms with Crippen LogP contribution < -0.4 is 10.6 Å². The number of pyridine rings is 1. The van der Waals surface area contributed by atoms with Gasteiger partial charge in [0.1, 0.15) is 5.69 Å². The summed E-state index contributed by atoms with van der Waals surface area (Å²) in [5.41, 5.74) is 7.95. The Hall–Kier alpha value is -3.44. The molecule has 3 heterocycles. The van der Waals surface area contributed by atoms with E-state index >= 15 is 0 Å². The van der Waals surface area contributed by atoms with E-state index in [2.05, 4.69) is 81.8 Å². The average Bonchev–Trinajstić information content (AvgIpc) is 3.29. The number of rotatable bonds is 5. The summed E-state index contributed by atoms with van der Waals surface area (Å²) in [6.45, 7) is 10.5. The average molecular weight is 426 g/mol. The Kier molecular flexibility index (Phi) is 6.97. The van der Waals surface area contributed by atoms with Crippen LogP contribution in [0.15, 0.2) is 90.4 Å². The van der Waals surface area contributed by atoms with E-state index in [1.807, 2.05) is 31.3 Å². The number of aromatic amines is 1. The normalized spacial score (nSPS) is 24.4. The van der Waals surface area contributed by atoms with Gasteiger partial charge in [0.05, 0.1) is 5.69 Å². The van der Waals surface area contributed by atoms with Crippen LogP contribution in [-0.2, 0) is 0 Å². The molecule has 1 aliphatic heterocycles. The molecule has 2 aliphatic rings. The fourth-order valence-electron chi connectivity index (χ4n) is 3.99. The summed E-state index contributed by atoms with van der Waals surface area (Å²) in [4.78, 5) is 4.63. The Morgan fingerprint density at radius 2 is 2.16 bits per heavy atom. The number of hydrogen-bond acceptors (Lipinski definition) is 4. The van der Waals surface area contributed by atoms with Gasteiger partial charge in [-0.3, -0.25) is 10.1 Å². The lowest BCUT2D eigenvalue weighted by Gasteiger charge is -2.25. The molecule has 5 nitrogen and oxygen atoms in total. The first-order valence-electron chi connectivity index (χ1n) is 11.2. The van der Waals surface area contributed by atoms with Crippen LogP contribution in [-0.4, -0.2) is 34.3 Å². The largest absolute Gasteiger partial charge is 0.381 e. The predicted octanol–water partition coefficient (Wildman–Crippen LogP) is 5.02. The van der Waals surface area contributed by atoms with Gasteiger partial charge in [-0.1, -0.05) is 49.1 Å². The highest BCUT2D eigenvalue weighted by atomic mass is 15.1. The third-order valence-electron chi connectivity index (χ3n) is 5.76. The molecule has 5 heteroatoms. The lowest BCUT2D eigenvalue weighted by molar-refractivity contribution is 0.416. The molecule has 0 aromatic carbocycles. The Morgan fingerprint density at radius 1 is 1.25 bits per heavy atom. The number of H-pyrrole nitrogens is 1. The summed E-state index contributed by atoms with van der Waals surface area (Å²) in [5.74, 6) is 0. The van der Waals surface area contributed by atoms with E-state index in [4.69, 9.17) is 0 Å². The van der Waals surface area contributed by atoms with Crippen molar-refractivity contribution in [3.63, 3.8) is 0 Å². The molecule has 4 rings (SSSR count). The quantitative estimate of drug-likeness (QED) is 0.629. The van der Waals surface area contributed by atoms with Crippen LogP contribution >= 0.6 is 0 Å². The fourth-order valence-corrected chi connectivity index (χ4v) is 3.99. The minimum atomic E-state index is 0.467. The monoisotopic (exact) mass is 425 g/mol. The molecule has 2 aromatic rings. The molecule has 0 spiro atoms. The molecule has 0 amide bonds. The van der Waals surface area contributed by atoms with E-state index in [1.54, 1.807) is 0 Å². The minimum Gasteiger partial charge on any atom is -0.381 e. The fraction of sp³-hybridized carbons (Fsp3) is 0.259. The summed E-state index contributed by atoms with van der Waals surface area (Å²) in [5, 5.41) is 14.6. The van der Waals surface area contributed by atoms with Gasteiger partial charge >= 0.3 is 0 Å². The van der Waals surface area contributed by atoms with Gasteiger partial charge in [0, 0.05) is 35.7 Å². The molecule has 0 saturated carbocycles. The van der Waals surface area contributed by atoms with Gasteiger partial charge in [-0.05, 0) is 68.2 Å². The number of piperidine rings is 1. The summed E-state index contributed by atoms with van der Waals surface area (Å²) in [7, 11) is 0. The number of aromatic nitrogens is 3. The zero-order valence-corrected chi connectivity index (χ0v) is 18.9. The molecule has 1 unspecified atom stereocenters. The van der Waals surface area contributed by atoms with Crippen LogP contribution in [0.2, 0.25) is 0 Å². The van der Waals surface area contributed by atoms with Crippen molar-refractivity contribution < 1.29 is 0 Å². The van der Waals surface area contributed by atoms with Crippen LogP contribution in [0.4, 0.5) is 0 Å². The van der Waals surface area contributed by atoms with Crippen molar-refractivity contribution >= 4 is 5.57 Å². The number of nitrogens with zero attached hydrogens (tertiary/aromatic N) is 2. The topological polar surface area (TPSA) is 65.6 Å². The summed E-state index contributed by atoms with van der Waals surface area (Å²) < 4.78 is 0. The molecule has 1 atom stereocenters. The van der Waals surface area contributed by atoms with Crippen molar-refractivity contribution in [3.8, 4) is 11.4 Å². The van der Waals surface area contributed by atoms with E-state index in [0.717, 1.165) is 58.2 Å². The van der Waals surface area contributed by atoms with E-state index in [0.29, 0.717) is 6.04 Å². The van der Waals surface area contributed by atoms with Crippen molar-refractivity contribution in [2.45, 2.75) is 32.7 Å². The first kappa shape index (κ1) is 21.8. The highest BCUT2D eigenvalue weighted by molar-refractivity contribution is 5.84. The maximum atomic E-state index is 4.63. The maximum absolute atomic E-state index is 4.63. The SMILES string of the molecule is C=C1\C=C/C(c2c[nH]nc2-c2cccc(C)n2)=C/C=C/C1=C/C(=C\C)NC1CCCNC1. The molecule has 2 aromatic heterocycles. The van der Waals surface area contributed by atoms with Gasteiger partial charge in [-0.2, -0.15) is 5.10 Å². The Labute approximate surface area is 190 Å². The van der Waals surface area contributed by atoms with E-state index in [1.165, 1.54) is 12.8 Å². The Morgan fingerprint density at radius 3 is 2.94 bits per heavy atom. The van der Waals surface area contributed by atoms with E-state index in [-0.39, 0.29) is 0 Å². The van der Waals surface area contributed by atoms with Gasteiger partial charge in [-0.25, -0.2) is 0 Å². The van der Waals surface area contributed by atoms with Crippen LogP contribution in [0, 0.1) is 6.92 Å². The molecule has 0 bridgehead atoms. The first-order chi connectivity index (χ1) is 15.6. The van der Waals surface area contributed by atoms with E-state index in [9.17, 15) is 0 Å². The third-order valence-corrected chi connectivity index (χ3v) is 5.76. The van der Waals surface area contributed by atoms with E-state index < -0.39 is 0 Å². The molecule has 1 saturated heterocycles. The summed E-state index contributed by atoms with van der Waals surface area (Å²) >= 11 is 0. The van der Waals surface area contributed by atoms with Crippen molar-refractivity contribution in [2.75, 3.05) is 13.1 Å². The van der Waals surface area contributed by atoms with Crippen molar-refractivity contribution in [1.82, 2.24) is 25.8 Å². The van der Waals surface area contributed by atoms with Crippen LogP contribution in [0.3, 0.4) is 0 Å². The van der Waals surface area contributed by atoms with Gasteiger partial charge < -0.3 is 10.6 Å². The van der Waals surface area contributed by atoms with Crippen LogP contribution in [0.25, 0.3) is 17.0 Å². The predicted molar refractivity (Wildman–Crippen MR) is 133 cm³/mol. The zero-order valence-electron chi connectivity index (χ0n) is 18.9. The number of allylic oxidation sites excluding steroid dienone is 10. The van der Waals surface area contributed by atoms with Gasteiger partial charge in [-0.15, -0.1) is 0 Å². The number of aryl methyl sites for hydroxylation is 1. The van der Waals surface area contributed by atoms with Crippen molar-refractivity contribution in [1.29, 1.82) is 0 Å². The summed E-state index contributed by atoms with van der Waals surface area (Å²) in [6.07, 6.45) is 19.1. The standard InChI is InChI=1S/C27H31N5/c1-4-23(31-24-11-7-15-28-17-24)16-22-10-6-9-21(14-13-19(22)2)25-18-29-32-27(25)26-12-5-8-20(3)30-26/h4-6,8-10,12-14,16,18,24,28,31H,2,7,11,15,17H2,1,3H3,(H,29,32)/b10-6+,14-13-,21-9-,22-16-,23-4+. The smallest absolute Gasteiger partial charge is 0.118 e. The highest BCUT2D eigenvalue weighted by Crippen LogP contribution is 2.29. The lowest BCUT2D eigenvalue weighted by Crippen LogP contribution is -2.42. The molecular weight excluding hydrogens is 394 g/mol. The summed E-state index contributed by atoms with van der Waals surface area (Å²) in [6, 6.07) is 6.45. The molecule has 164 valence electrons. The second-order valence-electron chi connectivity index (χ2n) is 8.18. The lowest BCUT2D eigenvalue weighted by atomic mass is 9.97. The first-order valence-corrected chi connectivity index (χ1v) is 11.2. The number of hydrogen-bond donors (Lipinski definition) is 3. The van der Waals surface area contributed by atoms with Crippen molar-refractivity contribution in [3.05, 3.63) is 102 Å². The third kappa shape index (κ3) is 5.24. The highest BCUT2D eigenvalue weighted by Gasteiger charge is 2.14.